The molecule has 0 aliphatic carbocycles. The summed E-state index contributed by atoms with van der Waals surface area (Å²) < 4.78 is 5.70. The summed E-state index contributed by atoms with van der Waals surface area (Å²) >= 11 is 0. The summed E-state index contributed by atoms with van der Waals surface area (Å²) in [5.74, 6) is 0.395. The topological polar surface area (TPSA) is 114 Å². The molecule has 3 aromatic rings. The second kappa shape index (κ2) is 12.9. The molecule has 3 aromatic carbocycles. The maximum atomic E-state index is 11.4. The fourth-order valence-corrected chi connectivity index (χ4v) is 4.19. The lowest BCUT2D eigenvalue weighted by atomic mass is 9.81. The average molecular weight is 490 g/mol. The number of aliphatic hydroxyl groups is 1. The lowest BCUT2D eigenvalue weighted by Crippen LogP contribution is -2.44. The molecule has 36 heavy (non-hydrogen) atoms. The minimum absolute atomic E-state index is 0.00829. The van der Waals surface area contributed by atoms with Crippen molar-refractivity contribution < 1.29 is 19.4 Å². The van der Waals surface area contributed by atoms with Gasteiger partial charge in [0.2, 0.25) is 11.8 Å². The largest absolute Gasteiger partial charge is 0.491 e. The highest BCUT2D eigenvalue weighted by Gasteiger charge is 2.26. The zero-order valence-corrected chi connectivity index (χ0v) is 21.0. The number of nitrogens with one attached hydrogen (secondary N) is 2. The first kappa shape index (κ1) is 26.9. The predicted octanol–water partition coefficient (Wildman–Crippen LogP) is 4.53. The third kappa shape index (κ3) is 7.93. The molecular weight excluding hydrogens is 454 g/mol. The van der Waals surface area contributed by atoms with Crippen molar-refractivity contribution in [3.63, 3.8) is 0 Å². The highest BCUT2D eigenvalue weighted by molar-refractivity contribution is 5.89. The minimum atomic E-state index is -0.829. The number of carbonyl (C=O) groups excluding carboxylic acids is 2. The number of hydrogen-bond acceptors (Lipinski definition) is 5. The maximum absolute atomic E-state index is 11.4. The third-order valence-electron chi connectivity index (χ3n) is 6.14. The van der Waals surface area contributed by atoms with Crippen LogP contribution in [0.1, 0.15) is 44.2 Å². The summed E-state index contributed by atoms with van der Waals surface area (Å²) in [4.78, 5) is 22.8. The van der Waals surface area contributed by atoms with Gasteiger partial charge in [0.1, 0.15) is 18.5 Å². The van der Waals surface area contributed by atoms with Gasteiger partial charge in [0, 0.05) is 37.2 Å². The fourth-order valence-electron chi connectivity index (χ4n) is 4.19. The van der Waals surface area contributed by atoms with E-state index in [1.54, 1.807) is 0 Å². The summed E-state index contributed by atoms with van der Waals surface area (Å²) in [5.41, 5.74) is 10.0. The molecule has 7 heteroatoms. The van der Waals surface area contributed by atoms with E-state index < -0.39 is 12.1 Å². The van der Waals surface area contributed by atoms with E-state index in [0.717, 1.165) is 22.5 Å². The van der Waals surface area contributed by atoms with Crippen molar-refractivity contribution in [1.82, 2.24) is 0 Å². The van der Waals surface area contributed by atoms with E-state index >= 15 is 0 Å². The summed E-state index contributed by atoms with van der Waals surface area (Å²) in [6, 6.07) is 24.3. The molecule has 0 fully saturated rings. The van der Waals surface area contributed by atoms with Crippen molar-refractivity contribution in [3.05, 3.63) is 90.0 Å². The second-order valence-corrected chi connectivity index (χ2v) is 9.14. The van der Waals surface area contributed by atoms with Crippen LogP contribution in [0.3, 0.4) is 0 Å². The van der Waals surface area contributed by atoms with Gasteiger partial charge in [-0.25, -0.2) is 0 Å². The minimum Gasteiger partial charge on any atom is -0.491 e. The molecule has 0 saturated carbocycles. The van der Waals surface area contributed by atoms with Gasteiger partial charge in [-0.1, -0.05) is 49.4 Å². The lowest BCUT2D eigenvalue weighted by molar-refractivity contribution is -0.115. The number of rotatable bonds is 11. The van der Waals surface area contributed by atoms with Crippen LogP contribution in [-0.4, -0.2) is 35.7 Å². The Morgan fingerprint density at radius 2 is 1.31 bits per heavy atom. The van der Waals surface area contributed by atoms with Crippen molar-refractivity contribution in [2.24, 2.45) is 11.7 Å². The SMILES string of the molecule is CC(=O)Nc1ccc(C(C[C@@H](C)C(N)[C@H](O)COc2ccccc2)c2ccc(NC(C)=O)cc2)cc1. The quantitative estimate of drug-likeness (QED) is 0.316. The fraction of sp³-hybridized carbons (Fsp3) is 0.310. The summed E-state index contributed by atoms with van der Waals surface area (Å²) in [6.07, 6.45) is -0.146. The van der Waals surface area contributed by atoms with Gasteiger partial charge in [-0.2, -0.15) is 0 Å². The van der Waals surface area contributed by atoms with Gasteiger partial charge < -0.3 is 26.2 Å². The number of aliphatic hydroxyl groups excluding tert-OH is 1. The Morgan fingerprint density at radius 3 is 1.75 bits per heavy atom. The Kier molecular flexibility index (Phi) is 9.61. The van der Waals surface area contributed by atoms with E-state index in [2.05, 4.69) is 10.6 Å². The van der Waals surface area contributed by atoms with Crippen LogP contribution in [0.25, 0.3) is 0 Å². The number of hydrogen-bond donors (Lipinski definition) is 4. The molecule has 3 rings (SSSR count). The van der Waals surface area contributed by atoms with Crippen molar-refractivity contribution in [1.29, 1.82) is 0 Å². The smallest absolute Gasteiger partial charge is 0.221 e. The monoisotopic (exact) mass is 489 g/mol. The van der Waals surface area contributed by atoms with Gasteiger partial charge in [0.15, 0.2) is 0 Å². The molecule has 2 amide bonds. The Morgan fingerprint density at radius 1 is 0.833 bits per heavy atom. The zero-order chi connectivity index (χ0) is 26.1. The van der Waals surface area contributed by atoms with E-state index in [9.17, 15) is 14.7 Å². The van der Waals surface area contributed by atoms with Crippen LogP contribution in [-0.2, 0) is 9.59 Å². The number of amides is 2. The molecular formula is C29H35N3O4. The molecule has 5 N–H and O–H groups in total. The first-order valence-corrected chi connectivity index (χ1v) is 12.1. The molecule has 3 atom stereocenters. The normalized spacial score (nSPS) is 13.5. The van der Waals surface area contributed by atoms with Gasteiger partial charge in [0.25, 0.3) is 0 Å². The number of para-hydroxylation sites is 1. The number of ether oxygens (including phenoxy) is 1. The van der Waals surface area contributed by atoms with Gasteiger partial charge in [-0.15, -0.1) is 0 Å². The van der Waals surface area contributed by atoms with E-state index in [1.165, 1.54) is 13.8 Å². The van der Waals surface area contributed by atoms with Crippen LogP contribution in [0.15, 0.2) is 78.9 Å². The molecule has 1 unspecified atom stereocenters. The second-order valence-electron chi connectivity index (χ2n) is 9.14. The molecule has 0 aliphatic rings. The number of carbonyl (C=O) groups is 2. The Hall–Kier alpha value is -3.68. The highest BCUT2D eigenvalue weighted by atomic mass is 16.5. The molecule has 0 spiro atoms. The van der Waals surface area contributed by atoms with Crippen molar-refractivity contribution in [2.45, 2.75) is 45.3 Å². The molecule has 190 valence electrons. The lowest BCUT2D eigenvalue weighted by Gasteiger charge is -2.29. The van der Waals surface area contributed by atoms with Crippen molar-refractivity contribution in [3.8, 4) is 5.75 Å². The number of anilines is 2. The zero-order valence-electron chi connectivity index (χ0n) is 21.0. The average Bonchev–Trinajstić information content (AvgIpc) is 2.86. The van der Waals surface area contributed by atoms with E-state index in [0.29, 0.717) is 12.2 Å². The molecule has 0 aliphatic heterocycles. The molecule has 0 saturated heterocycles. The summed E-state index contributed by atoms with van der Waals surface area (Å²) in [7, 11) is 0. The molecule has 0 bridgehead atoms. The molecule has 0 radical (unpaired) electrons. The van der Waals surface area contributed by atoms with Crippen LogP contribution in [0.4, 0.5) is 11.4 Å². The summed E-state index contributed by atoms with van der Waals surface area (Å²) in [5, 5.41) is 16.3. The van der Waals surface area contributed by atoms with Crippen LogP contribution < -0.4 is 21.1 Å². The van der Waals surface area contributed by atoms with Gasteiger partial charge in [-0.05, 0) is 59.9 Å². The number of benzene rings is 3. The highest BCUT2D eigenvalue weighted by Crippen LogP contribution is 2.34. The Labute approximate surface area is 212 Å². The first-order chi connectivity index (χ1) is 17.2. The van der Waals surface area contributed by atoms with Crippen LogP contribution in [0.5, 0.6) is 5.75 Å². The molecule has 0 heterocycles. The van der Waals surface area contributed by atoms with Gasteiger partial charge in [0.05, 0.1) is 0 Å². The standard InChI is InChI=1S/C29H35N3O4/c1-19(29(30)28(35)18-36-26-7-5-4-6-8-26)17-27(22-9-13-24(14-10-22)31-20(2)33)23-11-15-25(16-12-23)32-21(3)34/h4-16,19,27-29,35H,17-18,30H2,1-3H3,(H,31,33)(H,32,34)/t19-,28-,29?/m1/s1. The molecule has 7 nitrogen and oxygen atoms in total. The molecule has 0 aromatic heterocycles. The van der Waals surface area contributed by atoms with E-state index in [-0.39, 0.29) is 30.3 Å². The maximum Gasteiger partial charge on any atom is 0.221 e. The van der Waals surface area contributed by atoms with Crippen molar-refractivity contribution >= 4 is 23.2 Å². The van der Waals surface area contributed by atoms with Crippen molar-refractivity contribution in [2.75, 3.05) is 17.2 Å². The summed E-state index contributed by atoms with van der Waals surface area (Å²) in [6.45, 7) is 5.09. The third-order valence-corrected chi connectivity index (χ3v) is 6.14. The number of nitrogens with two attached hydrogens (primary N) is 1. The van der Waals surface area contributed by atoms with E-state index in [1.807, 2.05) is 85.8 Å². The van der Waals surface area contributed by atoms with Crippen LogP contribution in [0, 0.1) is 5.92 Å². The first-order valence-electron chi connectivity index (χ1n) is 12.1. The van der Waals surface area contributed by atoms with Gasteiger partial charge >= 0.3 is 0 Å². The predicted molar refractivity (Wildman–Crippen MR) is 143 cm³/mol. The van der Waals surface area contributed by atoms with Crippen LogP contribution in [0.2, 0.25) is 0 Å². The van der Waals surface area contributed by atoms with E-state index in [4.69, 9.17) is 10.5 Å². The Bertz CT molecular complexity index is 1060. The Balaban J connectivity index is 1.76. The van der Waals surface area contributed by atoms with Crippen LogP contribution >= 0.6 is 0 Å². The van der Waals surface area contributed by atoms with Gasteiger partial charge in [-0.3, -0.25) is 9.59 Å².